The summed E-state index contributed by atoms with van der Waals surface area (Å²) in [7, 11) is 1.53. The van der Waals surface area contributed by atoms with Crippen LogP contribution < -0.4 is 10.6 Å². The minimum absolute atomic E-state index is 0.182. The standard InChI is InChI=1S/C8H11FN4O/c1-5(7(14)10-2)13-8-11-3-6(9)4-12-8/h3-5H,1-2H3,(H,10,14)(H,11,12,13)/t5-/m1/s1. The van der Waals surface area contributed by atoms with E-state index in [-0.39, 0.29) is 11.9 Å². The number of anilines is 1. The number of nitrogens with one attached hydrogen (secondary N) is 2. The molecule has 0 saturated heterocycles. The maximum absolute atomic E-state index is 12.4. The van der Waals surface area contributed by atoms with Gasteiger partial charge in [-0.15, -0.1) is 0 Å². The van der Waals surface area contributed by atoms with Crippen LogP contribution in [0.25, 0.3) is 0 Å². The average molecular weight is 198 g/mol. The van der Waals surface area contributed by atoms with Crippen molar-refractivity contribution in [3.05, 3.63) is 18.2 Å². The first-order valence-electron chi connectivity index (χ1n) is 4.09. The second-order valence-electron chi connectivity index (χ2n) is 2.71. The summed E-state index contributed by atoms with van der Waals surface area (Å²) in [5.41, 5.74) is 0. The van der Waals surface area contributed by atoms with Crippen LogP contribution in [0.3, 0.4) is 0 Å². The summed E-state index contributed by atoms with van der Waals surface area (Å²) < 4.78 is 12.4. The van der Waals surface area contributed by atoms with Crippen molar-refractivity contribution in [2.45, 2.75) is 13.0 Å². The molecule has 0 aliphatic rings. The number of rotatable bonds is 3. The molecule has 1 rings (SSSR count). The number of hydrogen-bond donors (Lipinski definition) is 2. The number of hydrogen-bond acceptors (Lipinski definition) is 4. The molecular weight excluding hydrogens is 187 g/mol. The zero-order chi connectivity index (χ0) is 10.6. The Morgan fingerprint density at radius 1 is 1.50 bits per heavy atom. The number of amides is 1. The third-order valence-corrected chi connectivity index (χ3v) is 1.61. The van der Waals surface area contributed by atoms with Crippen molar-refractivity contribution in [3.63, 3.8) is 0 Å². The molecule has 1 aromatic rings. The SMILES string of the molecule is CNC(=O)[C@@H](C)Nc1ncc(F)cn1. The molecule has 0 bridgehead atoms. The monoisotopic (exact) mass is 198 g/mol. The minimum Gasteiger partial charge on any atom is -0.357 e. The second kappa shape index (κ2) is 4.50. The van der Waals surface area contributed by atoms with Crippen LogP contribution >= 0.6 is 0 Å². The topological polar surface area (TPSA) is 66.9 Å². The van der Waals surface area contributed by atoms with Crippen LogP contribution in [0.4, 0.5) is 10.3 Å². The first kappa shape index (κ1) is 10.4. The Hall–Kier alpha value is -1.72. The molecule has 1 heterocycles. The number of halogens is 1. The van der Waals surface area contributed by atoms with Gasteiger partial charge >= 0.3 is 0 Å². The Bertz CT molecular complexity index is 314. The maximum atomic E-state index is 12.4. The van der Waals surface area contributed by atoms with Crippen molar-refractivity contribution in [2.24, 2.45) is 0 Å². The van der Waals surface area contributed by atoms with Crippen molar-refractivity contribution in [1.29, 1.82) is 0 Å². The Kier molecular flexibility index (Phi) is 3.33. The second-order valence-corrected chi connectivity index (χ2v) is 2.71. The van der Waals surface area contributed by atoms with E-state index in [1.807, 2.05) is 0 Å². The van der Waals surface area contributed by atoms with Crippen LogP contribution in [0.5, 0.6) is 0 Å². The van der Waals surface area contributed by atoms with Gasteiger partial charge in [-0.3, -0.25) is 4.79 Å². The summed E-state index contributed by atoms with van der Waals surface area (Å²) in [4.78, 5) is 18.4. The number of carbonyl (C=O) groups excluding carboxylic acids is 1. The van der Waals surface area contributed by atoms with Crippen molar-refractivity contribution < 1.29 is 9.18 Å². The molecule has 14 heavy (non-hydrogen) atoms. The molecule has 0 unspecified atom stereocenters. The molecule has 2 N–H and O–H groups in total. The van der Waals surface area contributed by atoms with Crippen molar-refractivity contribution in [1.82, 2.24) is 15.3 Å². The smallest absolute Gasteiger partial charge is 0.242 e. The highest BCUT2D eigenvalue weighted by atomic mass is 19.1. The summed E-state index contributed by atoms with van der Waals surface area (Å²) in [6.07, 6.45) is 2.07. The van der Waals surface area contributed by atoms with Crippen LogP contribution in [0.15, 0.2) is 12.4 Å². The maximum Gasteiger partial charge on any atom is 0.242 e. The van der Waals surface area contributed by atoms with E-state index >= 15 is 0 Å². The Labute approximate surface area is 80.8 Å². The average Bonchev–Trinajstić information content (AvgIpc) is 2.20. The van der Waals surface area contributed by atoms with E-state index < -0.39 is 11.9 Å². The fourth-order valence-electron chi connectivity index (χ4n) is 0.863. The van der Waals surface area contributed by atoms with E-state index in [4.69, 9.17) is 0 Å². The van der Waals surface area contributed by atoms with Gasteiger partial charge < -0.3 is 10.6 Å². The molecule has 5 nitrogen and oxygen atoms in total. The highest BCUT2D eigenvalue weighted by Gasteiger charge is 2.11. The lowest BCUT2D eigenvalue weighted by Crippen LogP contribution is -2.35. The summed E-state index contributed by atoms with van der Waals surface area (Å²) >= 11 is 0. The molecule has 6 heteroatoms. The molecular formula is C8H11FN4O. The lowest BCUT2D eigenvalue weighted by molar-refractivity contribution is -0.121. The molecule has 0 aliphatic carbocycles. The van der Waals surface area contributed by atoms with E-state index in [0.29, 0.717) is 0 Å². The molecule has 1 atom stereocenters. The number of aromatic nitrogens is 2. The summed E-state index contributed by atoms with van der Waals surface area (Å²) in [6.45, 7) is 1.66. The minimum atomic E-state index is -0.511. The zero-order valence-electron chi connectivity index (χ0n) is 7.91. The van der Waals surface area contributed by atoms with Gasteiger partial charge in [-0.2, -0.15) is 0 Å². The predicted molar refractivity (Wildman–Crippen MR) is 49.1 cm³/mol. The van der Waals surface area contributed by atoms with Crippen LogP contribution in [-0.2, 0) is 4.79 Å². The highest BCUT2D eigenvalue weighted by molar-refractivity contribution is 5.83. The fraction of sp³-hybridized carbons (Fsp3) is 0.375. The van der Waals surface area contributed by atoms with Crippen LogP contribution in [-0.4, -0.2) is 29.0 Å². The lowest BCUT2D eigenvalue weighted by Gasteiger charge is -2.11. The zero-order valence-corrected chi connectivity index (χ0v) is 7.91. The Morgan fingerprint density at radius 2 is 2.07 bits per heavy atom. The van der Waals surface area contributed by atoms with Gasteiger partial charge in [-0.25, -0.2) is 14.4 Å². The number of likely N-dealkylation sites (N-methyl/N-ethyl adjacent to an activating group) is 1. The summed E-state index contributed by atoms with van der Waals surface area (Å²) in [5.74, 6) is -0.469. The molecule has 1 aromatic heterocycles. The largest absolute Gasteiger partial charge is 0.357 e. The van der Waals surface area contributed by atoms with Crippen molar-refractivity contribution in [3.8, 4) is 0 Å². The van der Waals surface area contributed by atoms with Gasteiger partial charge in [-0.1, -0.05) is 0 Å². The molecule has 0 fully saturated rings. The number of carbonyl (C=O) groups is 1. The van der Waals surface area contributed by atoms with E-state index in [9.17, 15) is 9.18 Å². The van der Waals surface area contributed by atoms with Gasteiger partial charge in [0, 0.05) is 7.05 Å². The molecule has 0 aliphatic heterocycles. The molecule has 0 radical (unpaired) electrons. The van der Waals surface area contributed by atoms with Crippen LogP contribution in [0.1, 0.15) is 6.92 Å². The molecule has 1 amide bonds. The Morgan fingerprint density at radius 3 is 2.57 bits per heavy atom. The van der Waals surface area contributed by atoms with E-state index in [0.717, 1.165) is 12.4 Å². The first-order chi connectivity index (χ1) is 6.63. The van der Waals surface area contributed by atoms with E-state index in [1.54, 1.807) is 6.92 Å². The molecule has 76 valence electrons. The van der Waals surface area contributed by atoms with Gasteiger partial charge in [0.2, 0.25) is 11.9 Å². The number of nitrogens with zero attached hydrogens (tertiary/aromatic N) is 2. The van der Waals surface area contributed by atoms with Gasteiger partial charge in [-0.05, 0) is 6.92 Å². The van der Waals surface area contributed by atoms with Crippen LogP contribution in [0.2, 0.25) is 0 Å². The fourth-order valence-corrected chi connectivity index (χ4v) is 0.863. The van der Waals surface area contributed by atoms with E-state index in [2.05, 4.69) is 20.6 Å². The lowest BCUT2D eigenvalue weighted by atomic mass is 10.3. The quantitative estimate of drug-likeness (QED) is 0.726. The van der Waals surface area contributed by atoms with Gasteiger partial charge in [0.05, 0.1) is 12.4 Å². The third-order valence-electron chi connectivity index (χ3n) is 1.61. The predicted octanol–water partition coefficient (Wildman–Crippen LogP) is 0.162. The highest BCUT2D eigenvalue weighted by Crippen LogP contribution is 2.00. The van der Waals surface area contributed by atoms with Gasteiger partial charge in [0.15, 0.2) is 5.82 Å². The third kappa shape index (κ3) is 2.65. The van der Waals surface area contributed by atoms with Crippen molar-refractivity contribution >= 4 is 11.9 Å². The van der Waals surface area contributed by atoms with Gasteiger partial charge in [0.25, 0.3) is 0 Å². The molecule has 0 spiro atoms. The molecule has 0 saturated carbocycles. The normalized spacial score (nSPS) is 11.9. The summed E-state index contributed by atoms with van der Waals surface area (Å²) in [5, 5.41) is 5.18. The first-order valence-corrected chi connectivity index (χ1v) is 4.09. The van der Waals surface area contributed by atoms with Crippen LogP contribution in [0, 0.1) is 5.82 Å². The van der Waals surface area contributed by atoms with E-state index in [1.165, 1.54) is 7.05 Å². The van der Waals surface area contributed by atoms with Gasteiger partial charge in [0.1, 0.15) is 6.04 Å². The Balaban J connectivity index is 2.60. The summed E-state index contributed by atoms with van der Waals surface area (Å²) in [6, 6.07) is -0.453. The van der Waals surface area contributed by atoms with Crippen molar-refractivity contribution in [2.75, 3.05) is 12.4 Å². The molecule has 0 aromatic carbocycles.